The van der Waals surface area contributed by atoms with Gasteiger partial charge in [0.25, 0.3) is 0 Å². The fourth-order valence-electron chi connectivity index (χ4n) is 2.14. The summed E-state index contributed by atoms with van der Waals surface area (Å²) in [5.74, 6) is -1.33. The van der Waals surface area contributed by atoms with Crippen LogP contribution in [-0.2, 0) is 12.1 Å². The van der Waals surface area contributed by atoms with Gasteiger partial charge in [-0.05, 0) is 24.6 Å². The quantitative estimate of drug-likeness (QED) is 0.880. The van der Waals surface area contributed by atoms with Crippen molar-refractivity contribution in [2.45, 2.75) is 19.0 Å². The van der Waals surface area contributed by atoms with Gasteiger partial charge in [-0.1, -0.05) is 36.4 Å². The highest BCUT2D eigenvalue weighted by Crippen LogP contribution is 2.26. The zero-order chi connectivity index (χ0) is 14.6. The fourth-order valence-corrected chi connectivity index (χ4v) is 2.14. The number of nitrogens with one attached hydrogen (secondary N) is 1. The molecule has 0 bridgehead atoms. The third kappa shape index (κ3) is 3.03. The Labute approximate surface area is 117 Å². The molecule has 2 rings (SSSR count). The smallest absolute Gasteiger partial charge is 0.131 e. The van der Waals surface area contributed by atoms with E-state index in [-0.39, 0.29) is 5.56 Å². The maximum absolute atomic E-state index is 13.9. The number of aliphatic hydroxyl groups is 1. The lowest BCUT2D eigenvalue weighted by Gasteiger charge is -2.30. The molecule has 1 atom stereocenters. The summed E-state index contributed by atoms with van der Waals surface area (Å²) in [5.41, 5.74) is -0.340. The van der Waals surface area contributed by atoms with Crippen LogP contribution in [0.2, 0.25) is 0 Å². The lowest BCUT2D eigenvalue weighted by molar-refractivity contribution is 0.165. The van der Waals surface area contributed by atoms with Crippen LogP contribution in [0, 0.1) is 11.6 Å². The third-order valence-electron chi connectivity index (χ3n) is 3.36. The summed E-state index contributed by atoms with van der Waals surface area (Å²) in [6.45, 7) is 1.58. The molecule has 106 valence electrons. The molecule has 0 amide bonds. The number of hydrogen-bond acceptors (Lipinski definition) is 2. The summed E-state index contributed by atoms with van der Waals surface area (Å²) in [5, 5.41) is 12.6. The normalized spacial score (nSPS) is 14.0. The van der Waals surface area contributed by atoms with Crippen molar-refractivity contribution >= 4 is 0 Å². The van der Waals surface area contributed by atoms with Crippen LogP contribution in [0.15, 0.2) is 48.5 Å². The third-order valence-corrected chi connectivity index (χ3v) is 3.36. The number of rotatable bonds is 5. The van der Waals surface area contributed by atoms with Crippen LogP contribution in [0.5, 0.6) is 0 Å². The van der Waals surface area contributed by atoms with Crippen molar-refractivity contribution in [2.75, 3.05) is 6.61 Å². The van der Waals surface area contributed by atoms with Crippen molar-refractivity contribution in [3.8, 4) is 0 Å². The predicted molar refractivity (Wildman–Crippen MR) is 74.1 cm³/mol. The van der Waals surface area contributed by atoms with Crippen molar-refractivity contribution in [2.24, 2.45) is 0 Å². The Kier molecular flexibility index (Phi) is 4.47. The molecule has 0 saturated carbocycles. The molecule has 0 aromatic heterocycles. The molecule has 20 heavy (non-hydrogen) atoms. The highest BCUT2D eigenvalue weighted by atomic mass is 19.1. The zero-order valence-electron chi connectivity index (χ0n) is 11.2. The molecule has 0 aliphatic carbocycles. The van der Waals surface area contributed by atoms with Crippen LogP contribution >= 0.6 is 0 Å². The monoisotopic (exact) mass is 277 g/mol. The minimum absolute atomic E-state index is 0.140. The minimum Gasteiger partial charge on any atom is -0.394 e. The van der Waals surface area contributed by atoms with Gasteiger partial charge in [-0.25, -0.2) is 8.78 Å². The largest absolute Gasteiger partial charge is 0.394 e. The topological polar surface area (TPSA) is 32.3 Å². The molecule has 1 unspecified atom stereocenters. The minimum atomic E-state index is -1.18. The van der Waals surface area contributed by atoms with Crippen molar-refractivity contribution in [3.63, 3.8) is 0 Å². The molecule has 0 saturated heterocycles. The van der Waals surface area contributed by atoms with Gasteiger partial charge in [0, 0.05) is 12.1 Å². The molecular weight excluding hydrogens is 260 g/mol. The van der Waals surface area contributed by atoms with Gasteiger partial charge in [-0.3, -0.25) is 0 Å². The number of halogens is 2. The highest BCUT2D eigenvalue weighted by molar-refractivity contribution is 5.28. The molecule has 0 radical (unpaired) electrons. The molecule has 0 aliphatic rings. The number of hydrogen-bond donors (Lipinski definition) is 2. The second-order valence-corrected chi connectivity index (χ2v) is 4.93. The molecule has 2 aromatic carbocycles. The Bertz CT molecular complexity index is 554. The predicted octanol–water partition coefficient (Wildman–Crippen LogP) is 2.96. The van der Waals surface area contributed by atoms with Gasteiger partial charge in [0.05, 0.1) is 12.1 Å². The molecule has 2 aromatic rings. The van der Waals surface area contributed by atoms with Gasteiger partial charge < -0.3 is 10.4 Å². The summed E-state index contributed by atoms with van der Waals surface area (Å²) >= 11 is 0. The summed E-state index contributed by atoms with van der Waals surface area (Å²) in [6.07, 6.45) is 0. The Balaban J connectivity index is 2.25. The van der Waals surface area contributed by atoms with Crippen molar-refractivity contribution in [3.05, 3.63) is 71.3 Å². The first kappa shape index (κ1) is 14.6. The van der Waals surface area contributed by atoms with Gasteiger partial charge >= 0.3 is 0 Å². The van der Waals surface area contributed by atoms with E-state index < -0.39 is 23.8 Å². The zero-order valence-corrected chi connectivity index (χ0v) is 11.2. The maximum Gasteiger partial charge on any atom is 0.131 e. The van der Waals surface area contributed by atoms with Crippen LogP contribution in [0.3, 0.4) is 0 Å². The van der Waals surface area contributed by atoms with Gasteiger partial charge in [-0.2, -0.15) is 0 Å². The standard InChI is InChI=1S/C16H17F2NO/c1-16(11-20,15-13(17)8-5-9-14(15)18)19-10-12-6-3-2-4-7-12/h2-9,19-20H,10-11H2,1H3. The molecule has 2 nitrogen and oxygen atoms in total. The molecule has 0 spiro atoms. The molecule has 4 heteroatoms. The average molecular weight is 277 g/mol. The summed E-state index contributed by atoms with van der Waals surface area (Å²) in [4.78, 5) is 0. The van der Waals surface area contributed by atoms with Gasteiger partial charge in [0.15, 0.2) is 0 Å². The Morgan fingerprint density at radius 2 is 1.60 bits per heavy atom. The summed E-state index contributed by atoms with van der Waals surface area (Å²) in [6, 6.07) is 13.2. The van der Waals surface area contributed by atoms with E-state index >= 15 is 0 Å². The molecule has 0 aliphatic heterocycles. The SMILES string of the molecule is CC(CO)(NCc1ccccc1)c1c(F)cccc1F. The van der Waals surface area contributed by atoms with E-state index in [9.17, 15) is 13.9 Å². The highest BCUT2D eigenvalue weighted by Gasteiger charge is 2.31. The van der Waals surface area contributed by atoms with E-state index in [1.165, 1.54) is 18.2 Å². The van der Waals surface area contributed by atoms with Crippen LogP contribution in [-0.4, -0.2) is 11.7 Å². The van der Waals surface area contributed by atoms with Crippen LogP contribution in [0.4, 0.5) is 8.78 Å². The first-order valence-corrected chi connectivity index (χ1v) is 6.41. The van der Waals surface area contributed by atoms with Gasteiger partial charge in [0.2, 0.25) is 0 Å². The molecular formula is C16H17F2NO. The van der Waals surface area contributed by atoms with E-state index in [2.05, 4.69) is 5.32 Å². The van der Waals surface area contributed by atoms with E-state index in [1.807, 2.05) is 30.3 Å². The van der Waals surface area contributed by atoms with Crippen molar-refractivity contribution < 1.29 is 13.9 Å². The van der Waals surface area contributed by atoms with Crippen LogP contribution in [0.1, 0.15) is 18.1 Å². The first-order chi connectivity index (χ1) is 9.57. The number of aliphatic hydroxyl groups excluding tert-OH is 1. The molecule has 0 fully saturated rings. The number of benzene rings is 2. The Morgan fingerprint density at radius 1 is 1.00 bits per heavy atom. The fraction of sp³-hybridized carbons (Fsp3) is 0.250. The van der Waals surface area contributed by atoms with Crippen LogP contribution in [0.25, 0.3) is 0 Å². The van der Waals surface area contributed by atoms with E-state index in [4.69, 9.17) is 0 Å². The molecule has 0 heterocycles. The second-order valence-electron chi connectivity index (χ2n) is 4.93. The molecule has 2 N–H and O–H groups in total. The Hall–Kier alpha value is -1.78. The summed E-state index contributed by atoms with van der Waals surface area (Å²) in [7, 11) is 0. The first-order valence-electron chi connectivity index (χ1n) is 6.41. The van der Waals surface area contributed by atoms with E-state index in [0.29, 0.717) is 6.54 Å². The second kappa shape index (κ2) is 6.11. The summed E-state index contributed by atoms with van der Waals surface area (Å²) < 4.78 is 27.7. The van der Waals surface area contributed by atoms with Crippen LogP contribution < -0.4 is 5.32 Å². The van der Waals surface area contributed by atoms with E-state index in [1.54, 1.807) is 6.92 Å². The van der Waals surface area contributed by atoms with Gasteiger partial charge in [-0.15, -0.1) is 0 Å². The van der Waals surface area contributed by atoms with Gasteiger partial charge in [0.1, 0.15) is 11.6 Å². The Morgan fingerprint density at radius 3 is 2.15 bits per heavy atom. The maximum atomic E-state index is 13.9. The van der Waals surface area contributed by atoms with Crippen molar-refractivity contribution in [1.82, 2.24) is 5.32 Å². The lowest BCUT2D eigenvalue weighted by atomic mass is 9.91. The van der Waals surface area contributed by atoms with Crippen molar-refractivity contribution in [1.29, 1.82) is 0 Å². The van der Waals surface area contributed by atoms with E-state index in [0.717, 1.165) is 5.56 Å². The lowest BCUT2D eigenvalue weighted by Crippen LogP contribution is -2.44. The average Bonchev–Trinajstić information content (AvgIpc) is 2.46.